The topological polar surface area (TPSA) is 74.7 Å². The van der Waals surface area contributed by atoms with Crippen molar-refractivity contribution in [1.29, 1.82) is 0 Å². The monoisotopic (exact) mass is 219 g/mol. The van der Waals surface area contributed by atoms with Gasteiger partial charge in [-0.05, 0) is 12.8 Å². The number of aliphatic carboxylic acids is 1. The predicted octanol–water partition coefficient (Wildman–Crippen LogP) is 0.0528. The van der Waals surface area contributed by atoms with E-state index in [1.807, 2.05) is 0 Å². The first kappa shape index (κ1) is 11.2. The van der Waals surface area contributed by atoms with E-state index in [1.165, 1.54) is 4.31 Å². The van der Waals surface area contributed by atoms with Gasteiger partial charge in [0.05, 0.1) is 0 Å². The van der Waals surface area contributed by atoms with Gasteiger partial charge in [-0.3, -0.25) is 4.79 Å². The Morgan fingerprint density at radius 2 is 1.93 bits per heavy atom. The molecule has 1 saturated heterocycles. The molecule has 1 fully saturated rings. The smallest absolute Gasteiger partial charge is 0.320 e. The van der Waals surface area contributed by atoms with E-state index in [0.29, 0.717) is 25.9 Å². The minimum atomic E-state index is -3.61. The quantitative estimate of drug-likeness (QED) is 0.681. The second-order valence-corrected chi connectivity index (χ2v) is 5.27. The van der Waals surface area contributed by atoms with Gasteiger partial charge in [-0.1, -0.05) is 12.2 Å². The number of nitrogens with zero attached hydrogens (tertiary/aromatic N) is 1. The second-order valence-electron chi connectivity index (χ2n) is 3.30. The van der Waals surface area contributed by atoms with Crippen molar-refractivity contribution < 1.29 is 18.3 Å². The third kappa shape index (κ3) is 2.81. The lowest BCUT2D eigenvalue weighted by Crippen LogP contribution is -2.39. The summed E-state index contributed by atoms with van der Waals surface area (Å²) in [6, 6.07) is 0. The van der Waals surface area contributed by atoms with E-state index in [9.17, 15) is 13.2 Å². The molecule has 14 heavy (non-hydrogen) atoms. The fourth-order valence-electron chi connectivity index (χ4n) is 1.33. The lowest BCUT2D eigenvalue weighted by molar-refractivity contribution is -0.134. The summed E-state index contributed by atoms with van der Waals surface area (Å²) >= 11 is 0. The van der Waals surface area contributed by atoms with Crippen molar-refractivity contribution in [2.24, 2.45) is 0 Å². The predicted molar refractivity (Wildman–Crippen MR) is 51.4 cm³/mol. The first-order valence-corrected chi connectivity index (χ1v) is 5.89. The third-order valence-electron chi connectivity index (χ3n) is 2.13. The summed E-state index contributed by atoms with van der Waals surface area (Å²) in [4.78, 5) is 10.3. The number of carboxylic acid groups (broad SMARTS) is 1. The molecule has 0 spiro atoms. The van der Waals surface area contributed by atoms with Crippen LogP contribution in [0.1, 0.15) is 12.8 Å². The molecule has 0 aliphatic carbocycles. The van der Waals surface area contributed by atoms with Crippen molar-refractivity contribution in [2.45, 2.75) is 12.8 Å². The molecular formula is C8H13NO4S. The summed E-state index contributed by atoms with van der Waals surface area (Å²) in [7, 11) is -3.61. The van der Waals surface area contributed by atoms with Crippen LogP contribution < -0.4 is 0 Å². The van der Waals surface area contributed by atoms with Gasteiger partial charge >= 0.3 is 5.97 Å². The van der Waals surface area contributed by atoms with Crippen molar-refractivity contribution >= 4 is 16.0 Å². The molecule has 0 bridgehead atoms. The molecule has 0 radical (unpaired) electrons. The maximum absolute atomic E-state index is 11.4. The van der Waals surface area contributed by atoms with E-state index in [2.05, 4.69) is 6.58 Å². The molecule has 0 amide bonds. The van der Waals surface area contributed by atoms with Crippen LogP contribution in [0.3, 0.4) is 0 Å². The number of piperidine rings is 1. The van der Waals surface area contributed by atoms with Crippen LogP contribution in [-0.2, 0) is 14.8 Å². The number of hydrogen-bond acceptors (Lipinski definition) is 3. The average Bonchev–Trinajstić information content (AvgIpc) is 2.02. The van der Waals surface area contributed by atoms with E-state index in [1.54, 1.807) is 0 Å². The van der Waals surface area contributed by atoms with Crippen LogP contribution in [0.25, 0.3) is 0 Å². The molecule has 6 heteroatoms. The molecule has 0 aromatic carbocycles. The molecule has 0 atom stereocenters. The molecule has 1 N–H and O–H groups in total. The Morgan fingerprint density at radius 3 is 2.36 bits per heavy atom. The van der Waals surface area contributed by atoms with E-state index in [0.717, 1.165) is 5.57 Å². The fraction of sp³-hybridized carbons (Fsp3) is 0.625. The van der Waals surface area contributed by atoms with Crippen LogP contribution >= 0.6 is 0 Å². The zero-order valence-corrected chi connectivity index (χ0v) is 8.59. The van der Waals surface area contributed by atoms with E-state index in [4.69, 9.17) is 5.11 Å². The standard InChI is InChI=1S/C8H13NO4S/c1-7-2-4-9(5-3-7)14(12,13)6-8(10)11/h1-6H2,(H,10,11). The van der Waals surface area contributed by atoms with Gasteiger partial charge in [-0.15, -0.1) is 0 Å². The van der Waals surface area contributed by atoms with Gasteiger partial charge in [0.1, 0.15) is 0 Å². The lowest BCUT2D eigenvalue weighted by Gasteiger charge is -2.26. The van der Waals surface area contributed by atoms with Gasteiger partial charge in [-0.2, -0.15) is 0 Å². The Balaban J connectivity index is 2.65. The minimum absolute atomic E-state index is 0.356. The van der Waals surface area contributed by atoms with Gasteiger partial charge in [0, 0.05) is 13.1 Å². The number of carboxylic acids is 1. The Hall–Kier alpha value is -0.880. The largest absolute Gasteiger partial charge is 0.480 e. The Morgan fingerprint density at radius 1 is 1.43 bits per heavy atom. The Bertz CT molecular complexity index is 336. The van der Waals surface area contributed by atoms with Crippen LogP contribution in [0.2, 0.25) is 0 Å². The highest BCUT2D eigenvalue weighted by Crippen LogP contribution is 2.16. The number of carbonyl (C=O) groups is 1. The van der Waals surface area contributed by atoms with Crippen LogP contribution in [-0.4, -0.2) is 42.6 Å². The first-order valence-electron chi connectivity index (χ1n) is 4.28. The highest BCUT2D eigenvalue weighted by molar-refractivity contribution is 7.89. The highest BCUT2D eigenvalue weighted by atomic mass is 32.2. The summed E-state index contributed by atoms with van der Waals surface area (Å²) in [5, 5.41) is 8.41. The summed E-state index contributed by atoms with van der Waals surface area (Å²) in [6.45, 7) is 4.47. The van der Waals surface area contributed by atoms with Gasteiger partial charge in [0.25, 0.3) is 0 Å². The molecule has 1 heterocycles. The Labute approximate surface area is 83.1 Å². The molecule has 1 aliphatic rings. The summed E-state index contributed by atoms with van der Waals surface area (Å²) in [5.74, 6) is -2.13. The number of rotatable bonds is 3. The molecule has 0 aromatic heterocycles. The maximum atomic E-state index is 11.4. The SMILES string of the molecule is C=C1CCN(S(=O)(=O)CC(=O)O)CC1. The molecule has 80 valence electrons. The third-order valence-corrected chi connectivity index (χ3v) is 3.89. The maximum Gasteiger partial charge on any atom is 0.320 e. The van der Waals surface area contributed by atoms with Crippen molar-refractivity contribution in [3.8, 4) is 0 Å². The van der Waals surface area contributed by atoms with Gasteiger partial charge < -0.3 is 5.11 Å². The Kier molecular flexibility index (Phi) is 3.28. The van der Waals surface area contributed by atoms with Crippen molar-refractivity contribution in [3.05, 3.63) is 12.2 Å². The zero-order valence-electron chi connectivity index (χ0n) is 7.77. The fourth-order valence-corrected chi connectivity index (χ4v) is 2.56. The van der Waals surface area contributed by atoms with Crippen LogP contribution in [0.15, 0.2) is 12.2 Å². The van der Waals surface area contributed by atoms with Crippen molar-refractivity contribution in [1.82, 2.24) is 4.31 Å². The first-order chi connectivity index (χ1) is 6.42. The van der Waals surface area contributed by atoms with Crippen LogP contribution in [0, 0.1) is 0 Å². The summed E-state index contributed by atoms with van der Waals surface area (Å²) in [5.41, 5.74) is 1.02. The van der Waals surface area contributed by atoms with Crippen LogP contribution in [0.4, 0.5) is 0 Å². The highest BCUT2D eigenvalue weighted by Gasteiger charge is 2.26. The molecule has 0 aromatic rings. The van der Waals surface area contributed by atoms with Gasteiger partial charge in [0.15, 0.2) is 5.75 Å². The summed E-state index contributed by atoms with van der Waals surface area (Å²) in [6.07, 6.45) is 1.25. The molecule has 1 rings (SSSR count). The van der Waals surface area contributed by atoms with Crippen molar-refractivity contribution in [3.63, 3.8) is 0 Å². The van der Waals surface area contributed by atoms with Crippen LogP contribution in [0.5, 0.6) is 0 Å². The molecule has 5 nitrogen and oxygen atoms in total. The molecule has 0 unspecified atom stereocenters. The number of hydrogen-bond donors (Lipinski definition) is 1. The van der Waals surface area contributed by atoms with E-state index < -0.39 is 21.7 Å². The number of sulfonamides is 1. The zero-order chi connectivity index (χ0) is 10.8. The second kappa shape index (κ2) is 4.10. The molecule has 0 saturated carbocycles. The van der Waals surface area contributed by atoms with Crippen molar-refractivity contribution in [2.75, 3.05) is 18.8 Å². The molecule has 1 aliphatic heterocycles. The van der Waals surface area contributed by atoms with E-state index in [-0.39, 0.29) is 0 Å². The lowest BCUT2D eigenvalue weighted by atomic mass is 10.1. The molecular weight excluding hydrogens is 206 g/mol. The summed E-state index contributed by atoms with van der Waals surface area (Å²) < 4.78 is 24.1. The minimum Gasteiger partial charge on any atom is -0.480 e. The normalized spacial score (nSPS) is 19.6. The average molecular weight is 219 g/mol. The van der Waals surface area contributed by atoms with Gasteiger partial charge in [0.2, 0.25) is 10.0 Å². The van der Waals surface area contributed by atoms with E-state index >= 15 is 0 Å². The van der Waals surface area contributed by atoms with Gasteiger partial charge in [-0.25, -0.2) is 12.7 Å².